The zero-order valence-electron chi connectivity index (χ0n) is 17.6. The topological polar surface area (TPSA) is 42.2 Å². The Morgan fingerprint density at radius 2 is 1.59 bits per heavy atom. The first kappa shape index (κ1) is 17.8. The van der Waals surface area contributed by atoms with Crippen molar-refractivity contribution in [1.29, 1.82) is 5.26 Å². The van der Waals surface area contributed by atoms with E-state index in [2.05, 4.69) is 30.3 Å². The lowest BCUT2D eigenvalue weighted by Gasteiger charge is -2.29. The van der Waals surface area contributed by atoms with Gasteiger partial charge in [0.1, 0.15) is 17.6 Å². The molecule has 3 heteroatoms. The smallest absolute Gasteiger partial charge is 0.138 e. The standard InChI is InChI=1S/C26H25NO2/c1-28-24-13-9-21(10-14-24)22-7-8-23(18-27)26(17-22)29-25-15-11-20(12-16-25)19-5-3-2-4-6-19/h2-10,13-14,17,20,25H,11-12,15-16H2,1H3/i25D. The van der Waals surface area contributed by atoms with E-state index in [-0.39, 0.29) is 0 Å². The average molecular weight is 384 g/mol. The number of methoxy groups -OCH3 is 1. The fourth-order valence-corrected chi connectivity index (χ4v) is 3.92. The van der Waals surface area contributed by atoms with Gasteiger partial charge in [-0.2, -0.15) is 5.26 Å². The maximum atomic E-state index is 9.54. The van der Waals surface area contributed by atoms with Gasteiger partial charge in [0.05, 0.1) is 20.1 Å². The Morgan fingerprint density at radius 1 is 0.897 bits per heavy atom. The summed E-state index contributed by atoms with van der Waals surface area (Å²) in [6.45, 7) is 0. The van der Waals surface area contributed by atoms with Gasteiger partial charge in [0.15, 0.2) is 0 Å². The molecule has 0 radical (unpaired) electrons. The van der Waals surface area contributed by atoms with Crippen LogP contribution in [0.4, 0.5) is 0 Å². The number of nitrogens with zero attached hydrogens (tertiary/aromatic N) is 1. The van der Waals surface area contributed by atoms with Crippen molar-refractivity contribution < 1.29 is 10.8 Å². The summed E-state index contributed by atoms with van der Waals surface area (Å²) in [4.78, 5) is 0. The maximum Gasteiger partial charge on any atom is 0.138 e. The molecule has 3 aromatic carbocycles. The number of rotatable bonds is 5. The number of hydrogen-bond donors (Lipinski definition) is 0. The zero-order chi connectivity index (χ0) is 21.0. The highest BCUT2D eigenvalue weighted by molar-refractivity contribution is 5.67. The Hall–Kier alpha value is -3.25. The molecular weight excluding hydrogens is 358 g/mol. The average Bonchev–Trinajstić information content (AvgIpc) is 2.80. The predicted molar refractivity (Wildman–Crippen MR) is 115 cm³/mol. The highest BCUT2D eigenvalue weighted by atomic mass is 16.5. The van der Waals surface area contributed by atoms with Crippen LogP contribution in [-0.4, -0.2) is 13.2 Å². The second-order valence-corrected chi connectivity index (χ2v) is 7.38. The van der Waals surface area contributed by atoms with E-state index in [1.54, 1.807) is 13.2 Å². The molecule has 4 rings (SSSR count). The van der Waals surface area contributed by atoms with E-state index in [1.165, 1.54) is 5.56 Å². The van der Waals surface area contributed by atoms with Crippen molar-refractivity contribution in [2.24, 2.45) is 0 Å². The SMILES string of the molecule is [2H]C1(Oc2cc(-c3ccc(OC)cc3)ccc2C#N)CCC(c2ccccc2)CC1. The third kappa shape index (κ3) is 4.43. The number of benzene rings is 3. The number of hydrogen-bond acceptors (Lipinski definition) is 3. The molecule has 1 aliphatic carbocycles. The van der Waals surface area contributed by atoms with Crippen molar-refractivity contribution in [2.45, 2.75) is 37.7 Å². The fraction of sp³-hybridized carbons (Fsp3) is 0.269. The van der Waals surface area contributed by atoms with Gasteiger partial charge in [0.2, 0.25) is 0 Å². The highest BCUT2D eigenvalue weighted by Gasteiger charge is 2.24. The van der Waals surface area contributed by atoms with Gasteiger partial charge in [-0.15, -0.1) is 0 Å². The molecule has 3 nitrogen and oxygen atoms in total. The largest absolute Gasteiger partial charge is 0.497 e. The summed E-state index contributed by atoms with van der Waals surface area (Å²) in [5.41, 5.74) is 3.76. The normalized spacial score (nSPS) is 21.7. The van der Waals surface area contributed by atoms with Crippen LogP contribution >= 0.6 is 0 Å². The van der Waals surface area contributed by atoms with Gasteiger partial charge >= 0.3 is 0 Å². The van der Waals surface area contributed by atoms with Crippen molar-refractivity contribution in [3.8, 4) is 28.7 Å². The second kappa shape index (κ2) is 8.84. The van der Waals surface area contributed by atoms with E-state index >= 15 is 0 Å². The molecule has 0 bridgehead atoms. The Labute approximate surface area is 173 Å². The molecule has 0 heterocycles. The Morgan fingerprint density at radius 3 is 2.24 bits per heavy atom. The summed E-state index contributed by atoms with van der Waals surface area (Å²) in [5, 5.41) is 9.54. The molecule has 0 spiro atoms. The Bertz CT molecular complexity index is 1030. The molecule has 146 valence electrons. The molecule has 0 atom stereocenters. The van der Waals surface area contributed by atoms with Crippen LogP contribution in [-0.2, 0) is 0 Å². The third-order valence-electron chi connectivity index (χ3n) is 5.59. The molecule has 0 aromatic heterocycles. The van der Waals surface area contributed by atoms with Gasteiger partial charge in [0, 0.05) is 0 Å². The molecule has 0 aliphatic heterocycles. The molecule has 0 unspecified atom stereocenters. The molecule has 1 aliphatic rings. The van der Waals surface area contributed by atoms with E-state index in [0.29, 0.717) is 30.1 Å². The van der Waals surface area contributed by atoms with Crippen LogP contribution in [0.25, 0.3) is 11.1 Å². The van der Waals surface area contributed by atoms with Crippen LogP contribution in [0.3, 0.4) is 0 Å². The summed E-state index contributed by atoms with van der Waals surface area (Å²) < 4.78 is 20.3. The molecule has 1 fully saturated rings. The zero-order valence-corrected chi connectivity index (χ0v) is 16.6. The van der Waals surface area contributed by atoms with Gasteiger partial charge in [-0.05, 0) is 72.6 Å². The minimum atomic E-state index is -1.00. The maximum absolute atomic E-state index is 9.54. The van der Waals surface area contributed by atoms with E-state index in [9.17, 15) is 5.26 Å². The van der Waals surface area contributed by atoms with E-state index in [4.69, 9.17) is 10.8 Å². The van der Waals surface area contributed by atoms with Crippen LogP contribution in [0, 0.1) is 11.3 Å². The van der Waals surface area contributed by atoms with Crippen LogP contribution < -0.4 is 9.47 Å². The Kier molecular flexibility index (Phi) is 5.43. The minimum Gasteiger partial charge on any atom is -0.497 e. The van der Waals surface area contributed by atoms with Crippen LogP contribution in [0.15, 0.2) is 72.8 Å². The van der Waals surface area contributed by atoms with E-state index in [0.717, 1.165) is 29.7 Å². The summed E-state index contributed by atoms with van der Waals surface area (Å²) in [7, 11) is 1.64. The van der Waals surface area contributed by atoms with Gasteiger partial charge < -0.3 is 9.47 Å². The van der Waals surface area contributed by atoms with Crippen LogP contribution in [0.5, 0.6) is 11.5 Å². The molecule has 0 saturated heterocycles. The number of ether oxygens (including phenoxy) is 2. The molecule has 29 heavy (non-hydrogen) atoms. The van der Waals surface area contributed by atoms with Crippen molar-refractivity contribution in [2.75, 3.05) is 7.11 Å². The predicted octanol–water partition coefficient (Wildman–Crippen LogP) is 6.34. The first-order valence-electron chi connectivity index (χ1n) is 10.5. The van der Waals surface area contributed by atoms with Crippen molar-refractivity contribution in [1.82, 2.24) is 0 Å². The molecule has 0 N–H and O–H groups in total. The lowest BCUT2D eigenvalue weighted by Crippen LogP contribution is -2.23. The Balaban J connectivity index is 1.52. The molecular formula is C26H25NO2. The van der Waals surface area contributed by atoms with Gasteiger partial charge in [-0.25, -0.2) is 0 Å². The van der Waals surface area contributed by atoms with Crippen LogP contribution in [0.2, 0.25) is 0 Å². The first-order chi connectivity index (χ1) is 14.6. The second-order valence-electron chi connectivity index (χ2n) is 7.38. The van der Waals surface area contributed by atoms with Crippen molar-refractivity contribution in [3.05, 3.63) is 83.9 Å². The summed E-state index contributed by atoms with van der Waals surface area (Å²) >= 11 is 0. The minimum absolute atomic E-state index is 0.462. The third-order valence-corrected chi connectivity index (χ3v) is 5.59. The summed E-state index contributed by atoms with van der Waals surface area (Å²) in [6, 6.07) is 26.0. The first-order valence-corrected chi connectivity index (χ1v) is 10.0. The molecule has 3 aromatic rings. The van der Waals surface area contributed by atoms with Crippen molar-refractivity contribution >= 4 is 0 Å². The van der Waals surface area contributed by atoms with E-state index in [1.807, 2.05) is 42.5 Å². The van der Waals surface area contributed by atoms with Gasteiger partial charge in [-0.1, -0.05) is 48.5 Å². The fourth-order valence-electron chi connectivity index (χ4n) is 3.92. The van der Waals surface area contributed by atoms with Gasteiger partial charge in [0.25, 0.3) is 0 Å². The van der Waals surface area contributed by atoms with Crippen LogP contribution in [0.1, 0.15) is 44.1 Å². The highest BCUT2D eigenvalue weighted by Crippen LogP contribution is 2.36. The van der Waals surface area contributed by atoms with Gasteiger partial charge in [-0.3, -0.25) is 0 Å². The quantitative estimate of drug-likeness (QED) is 0.515. The molecule has 0 amide bonds. The van der Waals surface area contributed by atoms with Crippen molar-refractivity contribution in [3.63, 3.8) is 0 Å². The lowest BCUT2D eigenvalue weighted by atomic mass is 9.83. The summed E-state index contributed by atoms with van der Waals surface area (Å²) in [5.74, 6) is 1.75. The summed E-state index contributed by atoms with van der Waals surface area (Å²) in [6.07, 6.45) is 2.10. The lowest BCUT2D eigenvalue weighted by molar-refractivity contribution is 0.146. The van der Waals surface area contributed by atoms with E-state index < -0.39 is 6.08 Å². The molecule has 1 saturated carbocycles. The monoisotopic (exact) mass is 384 g/mol. The number of nitriles is 1.